The highest BCUT2D eigenvalue weighted by Gasteiger charge is 2.32. The molecule has 0 aliphatic carbocycles. The lowest BCUT2D eigenvalue weighted by Crippen LogP contribution is -2.32. The highest BCUT2D eigenvalue weighted by molar-refractivity contribution is 7.13. The molecule has 122 valence electrons. The van der Waals surface area contributed by atoms with Gasteiger partial charge in [0.15, 0.2) is 5.82 Å². The van der Waals surface area contributed by atoms with Crippen LogP contribution in [0, 0.1) is 0 Å². The molecular weight excluding hydrogens is 324 g/mol. The monoisotopic (exact) mass is 340 g/mol. The third-order valence-electron chi connectivity index (χ3n) is 4.14. The number of hydrogen-bond acceptors (Lipinski definition) is 6. The minimum Gasteiger partial charge on any atom is -0.332 e. The van der Waals surface area contributed by atoms with Crippen LogP contribution in [0.15, 0.2) is 35.7 Å². The van der Waals surface area contributed by atoms with E-state index >= 15 is 0 Å². The molecule has 4 rings (SSSR count). The number of H-pyrrole nitrogens is 1. The maximum Gasteiger partial charge on any atom is 0.229 e. The zero-order valence-electron chi connectivity index (χ0n) is 12.9. The summed E-state index contributed by atoms with van der Waals surface area (Å²) in [7, 11) is 0. The molecule has 1 aliphatic heterocycles. The molecule has 1 unspecified atom stereocenters. The van der Waals surface area contributed by atoms with Gasteiger partial charge in [-0.3, -0.25) is 4.79 Å². The molecule has 1 fully saturated rings. The minimum absolute atomic E-state index is 0.0622. The first-order valence-corrected chi connectivity index (χ1v) is 8.72. The van der Waals surface area contributed by atoms with Crippen LogP contribution < -0.4 is 0 Å². The lowest BCUT2D eigenvalue weighted by molar-refractivity contribution is -0.131. The summed E-state index contributed by atoms with van der Waals surface area (Å²) < 4.78 is 0. The molecule has 0 spiro atoms. The maximum absolute atomic E-state index is 12.7. The second-order valence-electron chi connectivity index (χ2n) is 5.70. The molecule has 1 aliphatic rings. The Bertz CT molecular complexity index is 816. The van der Waals surface area contributed by atoms with Gasteiger partial charge in [-0.25, -0.2) is 4.98 Å². The van der Waals surface area contributed by atoms with Crippen LogP contribution in [0.25, 0.3) is 10.6 Å². The van der Waals surface area contributed by atoms with E-state index in [9.17, 15) is 4.79 Å². The van der Waals surface area contributed by atoms with Crippen molar-refractivity contribution in [1.29, 1.82) is 0 Å². The molecule has 3 aromatic rings. The van der Waals surface area contributed by atoms with E-state index < -0.39 is 0 Å². The van der Waals surface area contributed by atoms with Gasteiger partial charge in [-0.2, -0.15) is 5.21 Å². The van der Waals surface area contributed by atoms with Gasteiger partial charge in [-0.15, -0.1) is 21.5 Å². The first-order chi connectivity index (χ1) is 11.8. The number of aromatic amines is 1. The maximum atomic E-state index is 12.7. The molecule has 7 nitrogen and oxygen atoms in total. The number of nitrogens with zero attached hydrogens (tertiary/aromatic N) is 5. The van der Waals surface area contributed by atoms with Crippen molar-refractivity contribution in [3.8, 4) is 10.6 Å². The minimum atomic E-state index is -0.0801. The average Bonchev–Trinajstić information content (AvgIpc) is 3.36. The molecular formula is C16H16N6OS. The van der Waals surface area contributed by atoms with E-state index in [1.807, 2.05) is 40.6 Å². The number of nitrogens with one attached hydrogen (secondary N) is 1. The van der Waals surface area contributed by atoms with Crippen LogP contribution in [0.3, 0.4) is 0 Å². The predicted molar refractivity (Wildman–Crippen MR) is 89.1 cm³/mol. The van der Waals surface area contributed by atoms with Crippen LogP contribution in [-0.4, -0.2) is 43.0 Å². The first kappa shape index (κ1) is 14.9. The zero-order chi connectivity index (χ0) is 16.4. The topological polar surface area (TPSA) is 87.7 Å². The molecule has 0 bridgehead atoms. The summed E-state index contributed by atoms with van der Waals surface area (Å²) in [5.41, 5.74) is 1.88. The number of benzene rings is 1. The highest BCUT2D eigenvalue weighted by atomic mass is 32.1. The summed E-state index contributed by atoms with van der Waals surface area (Å²) in [5, 5.41) is 17.0. The van der Waals surface area contributed by atoms with Gasteiger partial charge in [0.05, 0.1) is 18.2 Å². The Morgan fingerprint density at radius 1 is 1.33 bits per heavy atom. The summed E-state index contributed by atoms with van der Waals surface area (Å²) in [6, 6.07) is 9.92. The molecule has 3 heterocycles. The van der Waals surface area contributed by atoms with E-state index in [0.717, 1.165) is 35.7 Å². The molecule has 1 N–H and O–H groups in total. The Morgan fingerprint density at radius 2 is 2.21 bits per heavy atom. The first-order valence-electron chi connectivity index (χ1n) is 7.84. The van der Waals surface area contributed by atoms with Crippen LogP contribution >= 0.6 is 11.3 Å². The summed E-state index contributed by atoms with van der Waals surface area (Å²) in [5.74, 6) is 0.649. The van der Waals surface area contributed by atoms with E-state index in [-0.39, 0.29) is 11.9 Å². The van der Waals surface area contributed by atoms with Crippen LogP contribution in [0.1, 0.15) is 30.4 Å². The smallest absolute Gasteiger partial charge is 0.229 e. The fourth-order valence-electron chi connectivity index (χ4n) is 3.00. The lowest BCUT2D eigenvalue weighted by atomic mass is 10.2. The second-order valence-corrected chi connectivity index (χ2v) is 6.56. The number of likely N-dealkylation sites (tertiary alicyclic amines) is 1. The van der Waals surface area contributed by atoms with E-state index in [2.05, 4.69) is 25.6 Å². The van der Waals surface area contributed by atoms with Crippen molar-refractivity contribution >= 4 is 17.2 Å². The number of thiazole rings is 1. The molecule has 8 heteroatoms. The van der Waals surface area contributed by atoms with E-state index in [1.54, 1.807) is 11.3 Å². The molecule has 1 atom stereocenters. The summed E-state index contributed by atoms with van der Waals surface area (Å²) in [6.07, 6.45) is 2.13. The number of amides is 1. The van der Waals surface area contributed by atoms with Gasteiger partial charge in [0.25, 0.3) is 0 Å². The van der Waals surface area contributed by atoms with Gasteiger partial charge in [-0.05, 0) is 12.8 Å². The number of tetrazole rings is 1. The molecule has 24 heavy (non-hydrogen) atoms. The third-order valence-corrected chi connectivity index (χ3v) is 5.08. The largest absolute Gasteiger partial charge is 0.332 e. The van der Waals surface area contributed by atoms with Crippen molar-refractivity contribution in [3.63, 3.8) is 0 Å². The van der Waals surface area contributed by atoms with Crippen LogP contribution in [0.2, 0.25) is 0 Å². The molecule has 0 radical (unpaired) electrons. The van der Waals surface area contributed by atoms with Gasteiger partial charge < -0.3 is 4.90 Å². The van der Waals surface area contributed by atoms with Gasteiger partial charge in [0.1, 0.15) is 5.01 Å². The molecule has 2 aromatic heterocycles. The Morgan fingerprint density at radius 3 is 3.00 bits per heavy atom. The van der Waals surface area contributed by atoms with Crippen molar-refractivity contribution in [1.82, 2.24) is 30.5 Å². The number of carbonyl (C=O) groups is 1. The molecule has 1 amide bonds. The number of aromatic nitrogens is 5. The van der Waals surface area contributed by atoms with Gasteiger partial charge in [-0.1, -0.05) is 35.5 Å². The van der Waals surface area contributed by atoms with Crippen molar-refractivity contribution in [3.05, 3.63) is 47.2 Å². The van der Waals surface area contributed by atoms with Crippen LogP contribution in [0.5, 0.6) is 0 Å². The number of hydrogen-bond donors (Lipinski definition) is 1. The third kappa shape index (κ3) is 2.92. The van der Waals surface area contributed by atoms with Gasteiger partial charge >= 0.3 is 0 Å². The number of carbonyl (C=O) groups excluding carboxylic acids is 1. The highest BCUT2D eigenvalue weighted by Crippen LogP contribution is 2.30. The van der Waals surface area contributed by atoms with Gasteiger partial charge in [0.2, 0.25) is 5.91 Å². The normalized spacial score (nSPS) is 17.3. The Balaban J connectivity index is 1.47. The van der Waals surface area contributed by atoms with Crippen molar-refractivity contribution in [2.24, 2.45) is 0 Å². The molecule has 1 saturated heterocycles. The standard InChI is InChI=1S/C16H16N6OS/c23-14(22-8-4-7-13(22)15-18-20-21-19-15)9-12-10-24-16(17-12)11-5-2-1-3-6-11/h1-3,5-6,10,13H,4,7-9H2,(H,18,19,20,21). The fraction of sp³-hybridized carbons (Fsp3) is 0.312. The Labute approximate surface area is 142 Å². The lowest BCUT2D eigenvalue weighted by Gasteiger charge is -2.21. The van der Waals surface area contributed by atoms with Crippen molar-refractivity contribution in [2.45, 2.75) is 25.3 Å². The van der Waals surface area contributed by atoms with Crippen LogP contribution in [0.4, 0.5) is 0 Å². The Hall–Kier alpha value is -2.61. The second kappa shape index (κ2) is 6.48. The van der Waals surface area contributed by atoms with E-state index in [4.69, 9.17) is 0 Å². The molecule has 0 saturated carbocycles. The Kier molecular flexibility index (Phi) is 4.04. The van der Waals surface area contributed by atoms with Crippen molar-refractivity contribution < 1.29 is 4.79 Å². The molecule has 1 aromatic carbocycles. The average molecular weight is 340 g/mol. The predicted octanol–water partition coefficient (Wildman–Crippen LogP) is 2.23. The number of rotatable bonds is 4. The van der Waals surface area contributed by atoms with E-state index in [1.165, 1.54) is 0 Å². The summed E-state index contributed by atoms with van der Waals surface area (Å²) >= 11 is 1.56. The summed E-state index contributed by atoms with van der Waals surface area (Å²) in [4.78, 5) is 19.1. The zero-order valence-corrected chi connectivity index (χ0v) is 13.7. The quantitative estimate of drug-likeness (QED) is 0.787. The van der Waals surface area contributed by atoms with E-state index in [0.29, 0.717) is 12.2 Å². The van der Waals surface area contributed by atoms with Crippen LogP contribution in [-0.2, 0) is 11.2 Å². The fourth-order valence-corrected chi connectivity index (χ4v) is 3.83. The van der Waals surface area contributed by atoms with Crippen molar-refractivity contribution in [2.75, 3.05) is 6.54 Å². The van der Waals surface area contributed by atoms with Gasteiger partial charge in [0, 0.05) is 17.5 Å². The SMILES string of the molecule is O=C(Cc1csc(-c2ccccc2)n1)N1CCCC1c1nn[nH]n1. The summed E-state index contributed by atoms with van der Waals surface area (Å²) in [6.45, 7) is 0.730.